The molecule has 1 fully saturated rings. The van der Waals surface area contributed by atoms with E-state index in [0.717, 1.165) is 16.7 Å². The summed E-state index contributed by atoms with van der Waals surface area (Å²) in [6.45, 7) is 8.02. The molecule has 2 aliphatic rings. The maximum atomic E-state index is 14.8. The second-order valence-electron chi connectivity index (χ2n) is 19.3. The molecule has 0 aliphatic carbocycles. The van der Waals surface area contributed by atoms with Crippen molar-refractivity contribution in [2.75, 3.05) is 29.7 Å². The Bertz CT molecular complexity index is 3270. The highest BCUT2D eigenvalue weighted by Crippen LogP contribution is 2.43. The fraction of sp³-hybridized carbons (Fsp3) is 0.273. The minimum atomic E-state index is -1.67. The third-order valence-electron chi connectivity index (χ3n) is 12.5. The lowest BCUT2D eigenvalue weighted by molar-refractivity contribution is -0.559. The van der Waals surface area contributed by atoms with Crippen LogP contribution in [-0.2, 0) is 52.7 Å². The molecule has 0 saturated carbocycles. The number of nitrogens with one attached hydrogen (secondary N) is 2. The molecule has 7 aromatic rings. The highest BCUT2D eigenvalue weighted by molar-refractivity contribution is 8.01. The molecule has 4 aromatic carbocycles. The van der Waals surface area contributed by atoms with Crippen LogP contribution in [0.15, 0.2) is 154 Å². The van der Waals surface area contributed by atoms with Crippen LogP contribution in [-0.4, -0.2) is 95.2 Å². The smallest absolute Gasteiger partial charge is 0.355 e. The Labute approximate surface area is 451 Å². The first kappa shape index (κ1) is 53.0. The molecule has 9 rings (SSSR count). The molecule has 2 amide bonds. The summed E-state index contributed by atoms with van der Waals surface area (Å²) in [7, 11) is 3.24. The van der Waals surface area contributed by atoms with Crippen molar-refractivity contribution < 1.29 is 47.7 Å². The number of imidazole rings is 1. The highest BCUT2D eigenvalue weighted by atomic mass is 32.2. The van der Waals surface area contributed by atoms with Gasteiger partial charge in [-0.3, -0.25) is 14.5 Å². The normalized spacial score (nSPS) is 15.9. The molecule has 76 heavy (non-hydrogen) atoms. The topological polar surface area (TPSA) is 226 Å². The van der Waals surface area contributed by atoms with Gasteiger partial charge < -0.3 is 40.5 Å². The number of nitrogens with two attached hydrogens (primary N) is 1. The van der Waals surface area contributed by atoms with Gasteiger partial charge >= 0.3 is 17.1 Å². The largest absolute Gasteiger partial charge is 0.497 e. The fourth-order valence-electron chi connectivity index (χ4n) is 8.56. The summed E-state index contributed by atoms with van der Waals surface area (Å²) < 4.78 is 20.0. The van der Waals surface area contributed by atoms with Crippen LogP contribution < -0.4 is 25.5 Å². The number of nitrogen functional groups attached to an aromatic ring is 1. The number of thiazole rings is 1. The zero-order valence-corrected chi connectivity index (χ0v) is 45.1. The first-order valence-corrected chi connectivity index (χ1v) is 27.0. The van der Waals surface area contributed by atoms with Crippen LogP contribution in [0.4, 0.5) is 10.9 Å². The Balaban J connectivity index is 1.03. The summed E-state index contributed by atoms with van der Waals surface area (Å²) in [6, 6.07) is 37.4. The quantitative estimate of drug-likeness (QED) is 0.00964. The lowest BCUT2D eigenvalue weighted by Crippen LogP contribution is -2.71. The summed E-state index contributed by atoms with van der Waals surface area (Å²) >= 11 is 3.83. The van der Waals surface area contributed by atoms with Gasteiger partial charge in [0.1, 0.15) is 52.5 Å². The van der Waals surface area contributed by atoms with Crippen molar-refractivity contribution in [3.8, 4) is 11.6 Å². The second-order valence-corrected chi connectivity index (χ2v) is 22.2. The zero-order valence-electron chi connectivity index (χ0n) is 42.7. The van der Waals surface area contributed by atoms with E-state index in [2.05, 4.69) is 20.8 Å². The molecule has 18 nitrogen and oxygen atoms in total. The molecular formula is C55H56N9O9S3+. The summed E-state index contributed by atoms with van der Waals surface area (Å²) in [5.41, 5.74) is 7.10. The number of anilines is 2. The molecule has 5 N–H and O–H groups in total. The number of nitrogens with zero attached hydrogens (tertiary/aromatic N) is 6. The van der Waals surface area contributed by atoms with Crippen molar-refractivity contribution in [2.24, 2.45) is 12.2 Å². The maximum Gasteiger partial charge on any atom is 0.355 e. The van der Waals surface area contributed by atoms with Gasteiger partial charge in [-0.2, -0.15) is 4.40 Å². The number of ether oxygens (including phenoxy) is 3. The molecule has 21 heteroatoms. The van der Waals surface area contributed by atoms with Crippen LogP contribution in [0.2, 0.25) is 0 Å². The Morgan fingerprint density at radius 2 is 1.53 bits per heavy atom. The number of aromatic hydroxyl groups is 1. The van der Waals surface area contributed by atoms with E-state index in [1.807, 2.05) is 91.0 Å². The number of aryl methyl sites for hydroxylation is 1. The number of fused-ring (bicyclic) bond motifs is 2. The minimum Gasteiger partial charge on any atom is -0.497 e. The van der Waals surface area contributed by atoms with Gasteiger partial charge in [0.2, 0.25) is 17.1 Å². The van der Waals surface area contributed by atoms with Crippen LogP contribution in [0.3, 0.4) is 0 Å². The lowest BCUT2D eigenvalue weighted by atomic mass is 9.77. The summed E-state index contributed by atoms with van der Waals surface area (Å²) in [4.78, 5) is 73.8. The molecule has 0 bridgehead atoms. The van der Waals surface area contributed by atoms with Crippen molar-refractivity contribution in [2.45, 2.75) is 74.5 Å². The predicted molar refractivity (Wildman–Crippen MR) is 290 cm³/mol. The standard InChI is InChI=1S/C55H55N9O9S3/c1-53(2,3)72-50(69)54(4,5)73-61-43(39-32-75-51(57-39)60-55(35-17-11-8-12-18-35,36-19-13-9-14-20-36)37-21-15-10-16-22-37)46(66)59-44-47(67)64-45(49(68)71-29-33-23-25-38(70-7)26-24-33)34(30-74-48(44)64)31-76-52-58-40(56)27-41-62(6)42(65)28-63(41)52/h8-28,32,44,48,56H,29-31H2,1-7H3,(H3,57,59,60,65,66)/p+1/b61-43-. The fourth-order valence-corrected chi connectivity index (χ4v) is 11.8. The molecule has 5 heterocycles. The summed E-state index contributed by atoms with van der Waals surface area (Å²) in [6.07, 6.45) is 1.51. The first-order valence-electron chi connectivity index (χ1n) is 24.0. The van der Waals surface area contributed by atoms with Gasteiger partial charge in [0.25, 0.3) is 17.7 Å². The van der Waals surface area contributed by atoms with E-state index in [1.54, 1.807) is 79.6 Å². The third-order valence-corrected chi connectivity index (χ3v) is 15.6. The van der Waals surface area contributed by atoms with Gasteiger partial charge in [0.15, 0.2) is 10.8 Å². The van der Waals surface area contributed by atoms with E-state index in [9.17, 15) is 24.3 Å². The average Bonchev–Trinajstić information content (AvgIpc) is 4.03. The molecule has 2 atom stereocenters. The first-order chi connectivity index (χ1) is 36.4. The number of hydrogen-bond donors (Lipinski definition) is 4. The number of esters is 2. The van der Waals surface area contributed by atoms with Gasteiger partial charge in [-0.15, -0.1) is 23.1 Å². The highest BCUT2D eigenvalue weighted by Gasteiger charge is 2.55. The van der Waals surface area contributed by atoms with E-state index in [1.165, 1.54) is 59.8 Å². The van der Waals surface area contributed by atoms with Gasteiger partial charge in [-0.05, 0) is 86.3 Å². The van der Waals surface area contributed by atoms with E-state index >= 15 is 0 Å². The van der Waals surface area contributed by atoms with E-state index in [4.69, 9.17) is 29.8 Å². The van der Waals surface area contributed by atoms with Crippen molar-refractivity contribution in [3.63, 3.8) is 0 Å². The van der Waals surface area contributed by atoms with Crippen molar-refractivity contribution in [3.05, 3.63) is 172 Å². The number of carbonyl (C=O) groups is 4. The van der Waals surface area contributed by atoms with Gasteiger partial charge in [-0.25, -0.2) is 19.1 Å². The molecular weight excluding hydrogens is 1030 g/mol. The molecule has 392 valence electrons. The van der Waals surface area contributed by atoms with Crippen molar-refractivity contribution in [1.82, 2.24) is 24.8 Å². The average molecular weight is 1080 g/mol. The minimum absolute atomic E-state index is 0.0128. The Hall–Kier alpha value is -7.88. The molecule has 0 spiro atoms. The van der Waals surface area contributed by atoms with Gasteiger partial charge in [0, 0.05) is 16.9 Å². The Morgan fingerprint density at radius 1 is 0.908 bits per heavy atom. The number of methoxy groups -OCH3 is 1. The van der Waals surface area contributed by atoms with Crippen LogP contribution in [0.5, 0.6) is 11.6 Å². The number of aromatic nitrogens is 4. The van der Waals surface area contributed by atoms with E-state index < -0.39 is 51.9 Å². The van der Waals surface area contributed by atoms with Crippen molar-refractivity contribution in [1.29, 1.82) is 0 Å². The van der Waals surface area contributed by atoms with Gasteiger partial charge in [0.05, 0.1) is 20.2 Å². The number of β-lactam (4-membered cyclic amide) rings is 1. The number of thioether (sulfide) groups is 2. The molecule has 2 aliphatic heterocycles. The molecule has 3 aromatic heterocycles. The van der Waals surface area contributed by atoms with E-state index in [-0.39, 0.29) is 46.9 Å². The predicted octanol–water partition coefficient (Wildman–Crippen LogP) is 7.35. The van der Waals surface area contributed by atoms with Crippen molar-refractivity contribution >= 4 is 80.9 Å². The molecule has 1 saturated heterocycles. The monoisotopic (exact) mass is 1080 g/mol. The number of benzene rings is 4. The summed E-state index contributed by atoms with van der Waals surface area (Å²) in [5.74, 6) is -1.59. The SMILES string of the molecule is COc1ccc(COC(=O)C2=C(CSc3nc(N)cc4n(C)c(O)c[n+]34)CSC3C(NC(=O)/C(=N\OC(C)(C)C(=O)OC(C)(C)C)c4csc(NC(c5ccccc5)(c5ccccc5)c5ccccc5)n4)C(=O)N23)cc1. The number of amides is 2. The summed E-state index contributed by atoms with van der Waals surface area (Å²) in [5, 5.41) is 23.1. The Morgan fingerprint density at radius 3 is 2.12 bits per heavy atom. The number of hydrogen-bond acceptors (Lipinski definition) is 17. The maximum absolute atomic E-state index is 14.8. The molecule has 2 unspecified atom stereocenters. The Kier molecular flexibility index (Phi) is 15.2. The van der Waals surface area contributed by atoms with Gasteiger partial charge in [-0.1, -0.05) is 113 Å². The van der Waals surface area contributed by atoms with Crippen LogP contribution in [0.1, 0.15) is 62.6 Å². The zero-order chi connectivity index (χ0) is 53.9. The number of rotatable bonds is 18. The lowest BCUT2D eigenvalue weighted by Gasteiger charge is -2.49. The van der Waals surface area contributed by atoms with E-state index in [0.29, 0.717) is 32.8 Å². The second kappa shape index (κ2) is 21.8. The number of oxime groups is 1. The number of carbonyl (C=O) groups excluding carboxylic acids is 4. The van der Waals surface area contributed by atoms with Crippen LogP contribution >= 0.6 is 34.9 Å². The van der Waals surface area contributed by atoms with Crippen LogP contribution in [0.25, 0.3) is 5.65 Å². The molecule has 0 radical (unpaired) electrons. The van der Waals surface area contributed by atoms with Crippen LogP contribution in [0, 0.1) is 0 Å². The third kappa shape index (κ3) is 10.9.